The van der Waals surface area contributed by atoms with Crippen molar-refractivity contribution in [2.75, 3.05) is 118 Å². The van der Waals surface area contributed by atoms with Crippen molar-refractivity contribution in [3.05, 3.63) is 144 Å². The van der Waals surface area contributed by atoms with Crippen molar-refractivity contribution < 1.29 is 85.8 Å². The molecule has 0 aromatic heterocycles. The van der Waals surface area contributed by atoms with E-state index in [2.05, 4.69) is 42.5 Å². The number of ether oxygens (including phenoxy) is 8. The van der Waals surface area contributed by atoms with Crippen molar-refractivity contribution in [3.8, 4) is 0 Å². The number of hydrogen-bond donors (Lipinski definition) is 8. The summed E-state index contributed by atoms with van der Waals surface area (Å²) in [7, 11) is 0. The van der Waals surface area contributed by atoms with Gasteiger partial charge in [0.2, 0.25) is 23.6 Å². The zero-order chi connectivity index (χ0) is 71.6. The zero-order valence-electron chi connectivity index (χ0n) is 57.7. The van der Waals surface area contributed by atoms with Gasteiger partial charge in [0.25, 0.3) is 0 Å². The highest BCUT2D eigenvalue weighted by Gasteiger charge is 2.19. The van der Waals surface area contributed by atoms with Gasteiger partial charge >= 0.3 is 36.6 Å². The summed E-state index contributed by atoms with van der Waals surface area (Å²) in [6.45, 7) is 3.24. The molecule has 0 radical (unpaired) electrons. The highest BCUT2D eigenvalue weighted by atomic mass is 16.6. The van der Waals surface area contributed by atoms with Gasteiger partial charge in [0.05, 0.1) is 26.4 Å². The van der Waals surface area contributed by atoms with Crippen LogP contribution in [0.3, 0.4) is 0 Å². The lowest BCUT2D eigenvalue weighted by molar-refractivity contribution is -0.122. The maximum Gasteiger partial charge on any atom is 0.409 e. The van der Waals surface area contributed by atoms with E-state index in [1.165, 1.54) is 9.80 Å². The maximum absolute atomic E-state index is 13.3. The summed E-state index contributed by atoms with van der Waals surface area (Å²) in [6, 6.07) is 37.4. The van der Waals surface area contributed by atoms with Gasteiger partial charge in [-0.15, -0.1) is 0 Å². The van der Waals surface area contributed by atoms with E-state index in [0.29, 0.717) is 103 Å². The fraction of sp³-hybridized carbons (Fsp3) is 0.528. The summed E-state index contributed by atoms with van der Waals surface area (Å²) in [5.41, 5.74) is 3.52. The van der Waals surface area contributed by atoms with E-state index in [4.69, 9.17) is 37.9 Å². The summed E-state index contributed by atoms with van der Waals surface area (Å²) in [5, 5.41) is 22.2. The summed E-state index contributed by atoms with van der Waals surface area (Å²) in [5.74, 6) is -0.829. The molecule has 0 aliphatic carbocycles. The largest absolute Gasteiger partial charge is 0.447 e. The van der Waals surface area contributed by atoms with Crippen molar-refractivity contribution >= 4 is 60.2 Å². The Hall–Kier alpha value is -9.70. The number of unbranched alkanes of at least 4 members (excludes halogenated alkanes) is 8. The number of hydrogen-bond acceptors (Lipinski definition) is 18. The molecule has 8 N–H and O–H groups in total. The summed E-state index contributed by atoms with van der Waals surface area (Å²) >= 11 is 0. The molecule has 100 heavy (non-hydrogen) atoms. The normalized spacial score (nSPS) is 10.6. The Morgan fingerprint density at radius 2 is 0.480 bits per heavy atom. The Morgan fingerprint density at radius 1 is 0.250 bits per heavy atom. The first-order chi connectivity index (χ1) is 48.8. The standard InChI is InChI=1S/C72H104N10O18/c83-63(33-17-5-21-37-77-67(87)97-55-59-25-9-1-10-26-59)73-41-45-81(46-42-74-64(84)34-18-6-22-38-78-68(88)98-56-60-27-11-2-12-28-60)71(91)95-53-51-93-49-50-94-52-54-96-72(92)82(47-43-75-65(85)35-19-7-23-39-79-69(89)99-57-61-29-13-3-14-30-61)48-44-76-66(86)36-20-8-24-40-80-70(90)100-58-62-31-15-4-16-32-62/h1-4,9-16,25-32H,5-8,17-24,33-58H2,(H,73,83)(H,74,84)(H,75,85)(H,76,86)(H,77,87)(H,78,88)(H,79,89)(H,80,90). The first kappa shape index (κ1) is 82.7. The molecule has 0 saturated carbocycles. The second-order valence-corrected chi connectivity index (χ2v) is 23.0. The molecule has 0 saturated heterocycles. The average molecular weight is 1400 g/mol. The zero-order valence-corrected chi connectivity index (χ0v) is 57.7. The van der Waals surface area contributed by atoms with Crippen LogP contribution in [-0.4, -0.2) is 188 Å². The van der Waals surface area contributed by atoms with Gasteiger partial charge in [-0.1, -0.05) is 147 Å². The van der Waals surface area contributed by atoms with E-state index in [9.17, 15) is 47.9 Å². The smallest absolute Gasteiger partial charge is 0.409 e. The minimum Gasteiger partial charge on any atom is -0.447 e. The Kier molecular flexibility index (Phi) is 45.7. The molecular weight excluding hydrogens is 1290 g/mol. The van der Waals surface area contributed by atoms with Gasteiger partial charge in [-0.2, -0.15) is 0 Å². The molecule has 10 amide bonds. The first-order valence-electron chi connectivity index (χ1n) is 34.7. The quantitative estimate of drug-likeness (QED) is 0.0152. The fourth-order valence-corrected chi connectivity index (χ4v) is 9.35. The average Bonchev–Trinajstić information content (AvgIpc) is 2.80. The van der Waals surface area contributed by atoms with Gasteiger partial charge in [-0.3, -0.25) is 19.2 Å². The maximum atomic E-state index is 13.3. The molecule has 0 unspecified atom stereocenters. The van der Waals surface area contributed by atoms with Gasteiger partial charge in [0, 0.05) is 104 Å². The molecule has 0 aliphatic heterocycles. The number of rotatable bonds is 53. The Labute approximate surface area is 587 Å². The van der Waals surface area contributed by atoms with Crippen LogP contribution in [-0.2, 0) is 83.5 Å². The second kappa shape index (κ2) is 55.2. The number of nitrogens with zero attached hydrogens (tertiary/aromatic N) is 2. The summed E-state index contributed by atoms with van der Waals surface area (Å²) < 4.78 is 43.1. The molecule has 0 heterocycles. The minimum absolute atomic E-state index is 0.0268. The Balaban J connectivity index is 1.12. The fourth-order valence-electron chi connectivity index (χ4n) is 9.35. The topological polar surface area (TPSA) is 347 Å². The van der Waals surface area contributed by atoms with Crippen molar-refractivity contribution in [2.45, 2.75) is 129 Å². The molecule has 550 valence electrons. The molecule has 28 heteroatoms. The van der Waals surface area contributed by atoms with Gasteiger partial charge in [-0.25, -0.2) is 28.8 Å². The number of nitrogens with one attached hydrogen (secondary N) is 8. The highest BCUT2D eigenvalue weighted by Crippen LogP contribution is 2.08. The number of carbonyl (C=O) groups is 10. The van der Waals surface area contributed by atoms with Crippen LogP contribution in [0.15, 0.2) is 121 Å². The minimum atomic E-state index is -0.678. The molecule has 0 bridgehead atoms. The van der Waals surface area contributed by atoms with Crippen molar-refractivity contribution in [2.24, 2.45) is 0 Å². The van der Waals surface area contributed by atoms with E-state index < -0.39 is 36.6 Å². The molecule has 4 rings (SSSR count). The third-order valence-corrected chi connectivity index (χ3v) is 14.9. The highest BCUT2D eigenvalue weighted by molar-refractivity contribution is 5.77. The van der Waals surface area contributed by atoms with E-state index >= 15 is 0 Å². The lowest BCUT2D eigenvalue weighted by Crippen LogP contribution is -2.43. The lowest BCUT2D eigenvalue weighted by Gasteiger charge is -2.23. The van der Waals surface area contributed by atoms with E-state index in [-0.39, 0.29) is 168 Å². The Bertz CT molecular complexity index is 2560. The second-order valence-electron chi connectivity index (χ2n) is 23.0. The van der Waals surface area contributed by atoms with E-state index in [1.807, 2.05) is 121 Å². The van der Waals surface area contributed by atoms with Crippen LogP contribution >= 0.6 is 0 Å². The van der Waals surface area contributed by atoms with Crippen LogP contribution < -0.4 is 42.5 Å². The van der Waals surface area contributed by atoms with Crippen molar-refractivity contribution in [1.82, 2.24) is 52.3 Å². The SMILES string of the molecule is O=C(CCCCCNC(=O)OCc1ccccc1)NCCN(CCNC(=O)CCCCCNC(=O)OCc1ccccc1)C(=O)OCCOCCOCCOC(=O)N(CCNC(=O)CCCCCNC(=O)OCc1ccccc1)CCNC(=O)CCCCCNC(=O)OCc1ccccc1. The molecule has 28 nitrogen and oxygen atoms in total. The van der Waals surface area contributed by atoms with Crippen LogP contribution in [0.2, 0.25) is 0 Å². The van der Waals surface area contributed by atoms with Crippen LogP contribution in [0.4, 0.5) is 28.8 Å². The van der Waals surface area contributed by atoms with Gasteiger partial charge < -0.3 is 90.2 Å². The van der Waals surface area contributed by atoms with Crippen molar-refractivity contribution in [1.29, 1.82) is 0 Å². The molecule has 0 aliphatic rings. The third kappa shape index (κ3) is 44.3. The number of benzene rings is 4. The molecule has 4 aromatic rings. The molecule has 0 spiro atoms. The van der Waals surface area contributed by atoms with Crippen LogP contribution in [0.1, 0.15) is 125 Å². The number of amides is 10. The van der Waals surface area contributed by atoms with Gasteiger partial charge in [0.15, 0.2) is 0 Å². The number of carbonyl (C=O) groups excluding carboxylic acids is 10. The van der Waals surface area contributed by atoms with Crippen LogP contribution in [0.5, 0.6) is 0 Å². The van der Waals surface area contributed by atoms with Crippen LogP contribution in [0, 0.1) is 0 Å². The first-order valence-corrected chi connectivity index (χ1v) is 34.7. The Morgan fingerprint density at radius 3 is 0.720 bits per heavy atom. The van der Waals surface area contributed by atoms with Gasteiger partial charge in [0.1, 0.15) is 39.6 Å². The van der Waals surface area contributed by atoms with Crippen LogP contribution in [0.25, 0.3) is 0 Å². The predicted molar refractivity (Wildman–Crippen MR) is 372 cm³/mol. The summed E-state index contributed by atoms with van der Waals surface area (Å²) in [6.07, 6.45) is 5.25. The monoisotopic (exact) mass is 1400 g/mol. The molecule has 4 aromatic carbocycles. The summed E-state index contributed by atoms with van der Waals surface area (Å²) in [4.78, 5) is 128. The third-order valence-electron chi connectivity index (χ3n) is 14.9. The molecule has 0 atom stereocenters. The lowest BCUT2D eigenvalue weighted by atomic mass is 10.2. The predicted octanol–water partition coefficient (Wildman–Crippen LogP) is 8.31. The van der Waals surface area contributed by atoms with E-state index in [1.54, 1.807) is 0 Å². The molecule has 0 fully saturated rings. The van der Waals surface area contributed by atoms with Gasteiger partial charge in [-0.05, 0) is 73.6 Å². The van der Waals surface area contributed by atoms with E-state index in [0.717, 1.165) is 22.3 Å². The van der Waals surface area contributed by atoms with Crippen molar-refractivity contribution in [3.63, 3.8) is 0 Å². The number of alkyl carbamates (subject to hydrolysis) is 4. The molecular formula is C72H104N10O18.